The summed E-state index contributed by atoms with van der Waals surface area (Å²) >= 11 is 0. The van der Waals surface area contributed by atoms with Crippen molar-refractivity contribution in [2.24, 2.45) is 0 Å². The summed E-state index contributed by atoms with van der Waals surface area (Å²) in [5.74, 6) is -1.63. The van der Waals surface area contributed by atoms with E-state index in [1.807, 2.05) is 13.0 Å². The van der Waals surface area contributed by atoms with Gasteiger partial charge in [-0.3, -0.25) is 24.6 Å². The van der Waals surface area contributed by atoms with Crippen molar-refractivity contribution in [3.63, 3.8) is 0 Å². The Morgan fingerprint density at radius 2 is 1.73 bits per heavy atom. The number of nitro groups is 1. The summed E-state index contributed by atoms with van der Waals surface area (Å²) < 4.78 is 5.48. The molecule has 1 fully saturated rings. The number of nitro benzene ring substituents is 1. The van der Waals surface area contributed by atoms with Gasteiger partial charge in [0.15, 0.2) is 0 Å². The van der Waals surface area contributed by atoms with Gasteiger partial charge < -0.3 is 9.84 Å². The topological polar surface area (TPSA) is 110 Å². The van der Waals surface area contributed by atoms with E-state index in [1.165, 1.54) is 36.3 Å². The number of benzene rings is 3. The first-order valence-electron chi connectivity index (χ1n) is 10.1. The second-order valence-electron chi connectivity index (χ2n) is 7.55. The number of hydrogen-bond acceptors (Lipinski definition) is 6. The maximum absolute atomic E-state index is 13.2. The van der Waals surface area contributed by atoms with Crippen LogP contribution in [-0.4, -0.2) is 28.8 Å². The van der Waals surface area contributed by atoms with Crippen LogP contribution in [0.2, 0.25) is 0 Å². The number of aryl methyl sites for hydroxylation is 1. The zero-order chi connectivity index (χ0) is 23.7. The average molecular weight is 444 g/mol. The van der Waals surface area contributed by atoms with Gasteiger partial charge in [-0.2, -0.15) is 0 Å². The standard InChI is InChI=1S/C25H20N2O6/c1-15-6-5-7-18(14-15)26-22(19-8-3-4-9-20(19)33-2)21(24(29)25(26)30)23(28)16-10-12-17(13-11-16)27(31)32/h3-14,22,28H,1-2H3/b23-21+. The molecule has 0 saturated carbocycles. The van der Waals surface area contributed by atoms with Crippen LogP contribution in [0.15, 0.2) is 78.4 Å². The Morgan fingerprint density at radius 1 is 1.03 bits per heavy atom. The quantitative estimate of drug-likeness (QED) is 0.203. The summed E-state index contributed by atoms with van der Waals surface area (Å²) in [5.41, 5.74) is 1.80. The smallest absolute Gasteiger partial charge is 0.300 e. The van der Waals surface area contributed by atoms with Gasteiger partial charge in [-0.25, -0.2) is 0 Å². The molecule has 4 rings (SSSR count). The summed E-state index contributed by atoms with van der Waals surface area (Å²) in [6.07, 6.45) is 0. The summed E-state index contributed by atoms with van der Waals surface area (Å²) in [4.78, 5) is 38.1. The molecule has 1 aliphatic heterocycles. The van der Waals surface area contributed by atoms with Gasteiger partial charge in [0.25, 0.3) is 17.4 Å². The molecular formula is C25H20N2O6. The van der Waals surface area contributed by atoms with Crippen molar-refractivity contribution in [1.29, 1.82) is 0 Å². The van der Waals surface area contributed by atoms with E-state index in [2.05, 4.69) is 0 Å². The van der Waals surface area contributed by atoms with Crippen LogP contribution < -0.4 is 9.64 Å². The van der Waals surface area contributed by atoms with Crippen molar-refractivity contribution in [3.8, 4) is 5.75 Å². The van der Waals surface area contributed by atoms with Crippen molar-refractivity contribution in [1.82, 2.24) is 0 Å². The van der Waals surface area contributed by atoms with Crippen LogP contribution in [-0.2, 0) is 9.59 Å². The zero-order valence-corrected chi connectivity index (χ0v) is 17.9. The molecule has 1 aliphatic rings. The number of Topliss-reactive ketones (excluding diaryl/α,β-unsaturated/α-hetero) is 1. The molecule has 0 spiro atoms. The molecular weight excluding hydrogens is 424 g/mol. The highest BCUT2D eigenvalue weighted by molar-refractivity contribution is 6.51. The van der Waals surface area contributed by atoms with Gasteiger partial charge in [-0.1, -0.05) is 30.3 Å². The number of ketones is 1. The Balaban J connectivity index is 1.96. The first-order chi connectivity index (χ1) is 15.8. The largest absolute Gasteiger partial charge is 0.507 e. The fourth-order valence-corrected chi connectivity index (χ4v) is 3.96. The Bertz CT molecular complexity index is 1300. The normalized spacial score (nSPS) is 17.3. The van der Waals surface area contributed by atoms with E-state index in [-0.39, 0.29) is 16.8 Å². The Kier molecular flexibility index (Phi) is 5.66. The number of rotatable bonds is 5. The van der Waals surface area contributed by atoms with E-state index in [4.69, 9.17) is 4.74 Å². The van der Waals surface area contributed by atoms with Crippen LogP contribution in [0.25, 0.3) is 5.76 Å². The van der Waals surface area contributed by atoms with Crippen LogP contribution in [0.1, 0.15) is 22.7 Å². The van der Waals surface area contributed by atoms with E-state index in [9.17, 15) is 24.8 Å². The van der Waals surface area contributed by atoms with Crippen molar-refractivity contribution < 1.29 is 24.4 Å². The van der Waals surface area contributed by atoms with Crippen molar-refractivity contribution in [2.45, 2.75) is 13.0 Å². The van der Waals surface area contributed by atoms with E-state index in [0.717, 1.165) is 5.56 Å². The number of carbonyl (C=O) groups is 2. The molecule has 1 amide bonds. The minimum absolute atomic E-state index is 0.125. The molecule has 0 bridgehead atoms. The van der Waals surface area contributed by atoms with Gasteiger partial charge in [0.05, 0.1) is 23.6 Å². The first-order valence-corrected chi connectivity index (χ1v) is 10.1. The second-order valence-corrected chi connectivity index (χ2v) is 7.55. The van der Waals surface area contributed by atoms with Gasteiger partial charge >= 0.3 is 0 Å². The predicted molar refractivity (Wildman–Crippen MR) is 122 cm³/mol. The molecule has 3 aromatic carbocycles. The van der Waals surface area contributed by atoms with Crippen molar-refractivity contribution in [3.05, 3.63) is 105 Å². The minimum Gasteiger partial charge on any atom is -0.507 e. The average Bonchev–Trinajstić information content (AvgIpc) is 3.09. The molecule has 0 aliphatic carbocycles. The number of anilines is 1. The molecule has 1 N–H and O–H groups in total. The molecule has 3 aromatic rings. The molecule has 0 aromatic heterocycles. The Hall–Kier alpha value is -4.46. The third kappa shape index (κ3) is 3.82. The first kappa shape index (κ1) is 21.8. The predicted octanol–water partition coefficient (Wildman–Crippen LogP) is 4.54. The van der Waals surface area contributed by atoms with Crippen LogP contribution in [0.4, 0.5) is 11.4 Å². The monoisotopic (exact) mass is 444 g/mol. The lowest BCUT2D eigenvalue weighted by Gasteiger charge is -2.26. The molecule has 8 heteroatoms. The van der Waals surface area contributed by atoms with Gasteiger partial charge in [0.2, 0.25) is 0 Å². The number of nitrogens with zero attached hydrogens (tertiary/aromatic N) is 2. The highest BCUT2D eigenvalue weighted by Crippen LogP contribution is 2.45. The highest BCUT2D eigenvalue weighted by atomic mass is 16.6. The number of methoxy groups -OCH3 is 1. The van der Waals surface area contributed by atoms with Crippen molar-refractivity contribution >= 4 is 28.8 Å². The lowest BCUT2D eigenvalue weighted by molar-refractivity contribution is -0.384. The highest BCUT2D eigenvalue weighted by Gasteiger charge is 2.47. The molecule has 1 heterocycles. The van der Waals surface area contributed by atoms with Gasteiger partial charge in [-0.15, -0.1) is 0 Å². The molecule has 1 unspecified atom stereocenters. The zero-order valence-electron chi connectivity index (χ0n) is 17.9. The van der Waals surface area contributed by atoms with Gasteiger partial charge in [0.1, 0.15) is 11.5 Å². The molecule has 8 nitrogen and oxygen atoms in total. The third-order valence-electron chi connectivity index (χ3n) is 5.51. The number of ether oxygens (including phenoxy) is 1. The summed E-state index contributed by atoms with van der Waals surface area (Å²) in [5, 5.41) is 22.1. The fourth-order valence-electron chi connectivity index (χ4n) is 3.96. The minimum atomic E-state index is -0.960. The van der Waals surface area contributed by atoms with E-state index in [1.54, 1.807) is 42.5 Å². The Labute approximate surface area is 189 Å². The molecule has 166 valence electrons. The maximum Gasteiger partial charge on any atom is 0.300 e. The molecule has 1 atom stereocenters. The van der Waals surface area contributed by atoms with Gasteiger partial charge in [0, 0.05) is 28.9 Å². The lowest BCUT2D eigenvalue weighted by atomic mass is 9.94. The number of para-hydroxylation sites is 1. The number of aliphatic hydroxyl groups is 1. The lowest BCUT2D eigenvalue weighted by Crippen LogP contribution is -2.29. The number of non-ortho nitro benzene ring substituents is 1. The van der Waals surface area contributed by atoms with E-state index < -0.39 is 28.4 Å². The SMILES string of the molecule is COc1ccccc1C1/C(=C(\O)c2ccc([N+](=O)[O-])cc2)C(=O)C(=O)N1c1cccc(C)c1. The molecule has 0 radical (unpaired) electrons. The van der Waals surface area contributed by atoms with Crippen LogP contribution in [0.3, 0.4) is 0 Å². The number of aliphatic hydroxyl groups excluding tert-OH is 1. The summed E-state index contributed by atoms with van der Waals surface area (Å²) in [6.45, 7) is 1.87. The maximum atomic E-state index is 13.2. The van der Waals surface area contributed by atoms with Crippen LogP contribution >= 0.6 is 0 Å². The summed E-state index contributed by atoms with van der Waals surface area (Å²) in [7, 11) is 1.48. The summed E-state index contributed by atoms with van der Waals surface area (Å²) in [6, 6.07) is 18.3. The molecule has 1 saturated heterocycles. The van der Waals surface area contributed by atoms with Gasteiger partial charge in [-0.05, 0) is 42.8 Å². The second kappa shape index (κ2) is 8.58. The van der Waals surface area contributed by atoms with E-state index >= 15 is 0 Å². The van der Waals surface area contributed by atoms with Crippen LogP contribution in [0, 0.1) is 17.0 Å². The third-order valence-corrected chi connectivity index (χ3v) is 5.51. The number of hydrogen-bond donors (Lipinski definition) is 1. The van der Waals surface area contributed by atoms with E-state index in [0.29, 0.717) is 17.0 Å². The van der Waals surface area contributed by atoms with Crippen LogP contribution in [0.5, 0.6) is 5.75 Å². The number of carbonyl (C=O) groups excluding carboxylic acids is 2. The van der Waals surface area contributed by atoms with Crippen molar-refractivity contribution in [2.75, 3.05) is 12.0 Å². The number of amides is 1. The Morgan fingerprint density at radius 3 is 2.36 bits per heavy atom. The fraction of sp³-hybridized carbons (Fsp3) is 0.120. The molecule has 33 heavy (non-hydrogen) atoms.